The second kappa shape index (κ2) is 7.65. The molecule has 6 nitrogen and oxygen atoms in total. The molecule has 0 spiro atoms. The van der Waals surface area contributed by atoms with Gasteiger partial charge in [0.25, 0.3) is 5.56 Å². The SMILES string of the molecule is O=C(CC1CCCN(c2cn[nH]c(=O)c2)C1)Nc1ccc(F)c(Cl)c1. The highest BCUT2D eigenvalue weighted by Crippen LogP contribution is 2.25. The van der Waals surface area contributed by atoms with Gasteiger partial charge < -0.3 is 10.2 Å². The van der Waals surface area contributed by atoms with Crippen LogP contribution in [-0.2, 0) is 4.79 Å². The smallest absolute Gasteiger partial charge is 0.266 e. The fraction of sp³-hybridized carbons (Fsp3) is 0.353. The molecule has 1 aliphatic heterocycles. The number of H-pyrrole nitrogens is 1. The summed E-state index contributed by atoms with van der Waals surface area (Å²) in [6.07, 6.45) is 3.84. The minimum atomic E-state index is -0.519. The molecule has 0 aliphatic carbocycles. The van der Waals surface area contributed by atoms with Crippen molar-refractivity contribution in [3.05, 3.63) is 51.7 Å². The highest BCUT2D eigenvalue weighted by Gasteiger charge is 2.23. The van der Waals surface area contributed by atoms with Gasteiger partial charge in [0.2, 0.25) is 5.91 Å². The molecule has 3 rings (SSSR count). The molecule has 2 aromatic rings. The average molecular weight is 365 g/mol. The highest BCUT2D eigenvalue weighted by molar-refractivity contribution is 6.31. The van der Waals surface area contributed by atoms with Crippen LogP contribution in [0.25, 0.3) is 0 Å². The van der Waals surface area contributed by atoms with Gasteiger partial charge in [-0.3, -0.25) is 9.59 Å². The molecule has 1 aromatic heterocycles. The molecule has 1 unspecified atom stereocenters. The molecule has 132 valence electrons. The average Bonchev–Trinajstić information content (AvgIpc) is 2.58. The predicted molar refractivity (Wildman–Crippen MR) is 94.5 cm³/mol. The highest BCUT2D eigenvalue weighted by atomic mass is 35.5. The van der Waals surface area contributed by atoms with Crippen LogP contribution in [0.1, 0.15) is 19.3 Å². The third kappa shape index (κ3) is 4.57. The largest absolute Gasteiger partial charge is 0.370 e. The van der Waals surface area contributed by atoms with Gasteiger partial charge in [-0.15, -0.1) is 0 Å². The standard InChI is InChI=1S/C17H18ClFN4O2/c18-14-7-12(3-4-15(14)19)21-16(24)6-11-2-1-5-23(10-11)13-8-17(25)22-20-9-13/h3-4,7-9,11H,1-2,5-6,10H2,(H,21,24)(H,22,25). The summed E-state index contributed by atoms with van der Waals surface area (Å²) in [5.41, 5.74) is 0.993. The molecule has 2 N–H and O–H groups in total. The van der Waals surface area contributed by atoms with Crippen LogP contribution in [0.2, 0.25) is 5.02 Å². The number of nitrogens with one attached hydrogen (secondary N) is 2. The fourth-order valence-electron chi connectivity index (χ4n) is 3.05. The molecule has 1 aliphatic rings. The minimum Gasteiger partial charge on any atom is -0.370 e. The Morgan fingerprint density at radius 3 is 3.04 bits per heavy atom. The number of carbonyl (C=O) groups is 1. The summed E-state index contributed by atoms with van der Waals surface area (Å²) in [7, 11) is 0. The minimum absolute atomic E-state index is 0.0246. The monoisotopic (exact) mass is 364 g/mol. The molecule has 2 heterocycles. The fourth-order valence-corrected chi connectivity index (χ4v) is 3.23. The number of hydrogen-bond donors (Lipinski definition) is 2. The van der Waals surface area contributed by atoms with Crippen LogP contribution in [0.4, 0.5) is 15.8 Å². The van der Waals surface area contributed by atoms with E-state index in [0.717, 1.165) is 25.1 Å². The van der Waals surface area contributed by atoms with E-state index in [-0.39, 0.29) is 22.4 Å². The van der Waals surface area contributed by atoms with Gasteiger partial charge in [0.1, 0.15) is 5.82 Å². The van der Waals surface area contributed by atoms with Crippen LogP contribution < -0.4 is 15.8 Å². The van der Waals surface area contributed by atoms with Gasteiger partial charge >= 0.3 is 0 Å². The van der Waals surface area contributed by atoms with Gasteiger partial charge in [-0.05, 0) is 37.0 Å². The Balaban J connectivity index is 1.59. The van der Waals surface area contributed by atoms with E-state index in [1.54, 1.807) is 6.20 Å². The van der Waals surface area contributed by atoms with Crippen molar-refractivity contribution >= 4 is 28.9 Å². The third-order valence-corrected chi connectivity index (χ3v) is 4.50. The predicted octanol–water partition coefficient (Wildman–Crippen LogP) is 2.81. The molecule has 0 bridgehead atoms. The molecule has 1 saturated heterocycles. The maximum Gasteiger partial charge on any atom is 0.266 e. The number of aromatic nitrogens is 2. The third-order valence-electron chi connectivity index (χ3n) is 4.21. The summed E-state index contributed by atoms with van der Waals surface area (Å²) in [6.45, 7) is 1.51. The first kappa shape index (κ1) is 17.4. The van der Waals surface area contributed by atoms with Crippen molar-refractivity contribution in [2.45, 2.75) is 19.3 Å². The lowest BCUT2D eigenvalue weighted by Crippen LogP contribution is -2.37. The topological polar surface area (TPSA) is 78.1 Å². The van der Waals surface area contributed by atoms with Gasteiger partial charge in [0, 0.05) is 31.3 Å². The van der Waals surface area contributed by atoms with E-state index >= 15 is 0 Å². The molecular formula is C17H18ClFN4O2. The summed E-state index contributed by atoms with van der Waals surface area (Å²) in [6, 6.07) is 5.61. The Morgan fingerprint density at radius 1 is 1.44 bits per heavy atom. The van der Waals surface area contributed by atoms with Crippen LogP contribution in [0.5, 0.6) is 0 Å². The molecule has 25 heavy (non-hydrogen) atoms. The lowest BCUT2D eigenvalue weighted by atomic mass is 9.94. The van der Waals surface area contributed by atoms with Gasteiger partial charge in [0.05, 0.1) is 16.9 Å². The number of hydrogen-bond acceptors (Lipinski definition) is 4. The van der Waals surface area contributed by atoms with Crippen molar-refractivity contribution in [2.75, 3.05) is 23.3 Å². The van der Waals surface area contributed by atoms with Gasteiger partial charge in [-0.2, -0.15) is 5.10 Å². The van der Waals surface area contributed by atoms with Crippen LogP contribution in [0.15, 0.2) is 35.3 Å². The zero-order valence-electron chi connectivity index (χ0n) is 13.5. The second-order valence-corrected chi connectivity index (χ2v) is 6.55. The maximum atomic E-state index is 13.2. The van der Waals surface area contributed by atoms with Crippen LogP contribution in [-0.4, -0.2) is 29.2 Å². The summed E-state index contributed by atoms with van der Waals surface area (Å²) in [5, 5.41) is 8.89. The molecule has 0 saturated carbocycles. The Morgan fingerprint density at radius 2 is 2.28 bits per heavy atom. The Bertz CT molecular complexity index is 826. The first-order valence-electron chi connectivity index (χ1n) is 8.06. The first-order valence-corrected chi connectivity index (χ1v) is 8.43. The first-order chi connectivity index (χ1) is 12.0. The van der Waals surface area contributed by atoms with E-state index in [2.05, 4.69) is 20.4 Å². The number of anilines is 2. The van der Waals surface area contributed by atoms with Crippen molar-refractivity contribution in [3.8, 4) is 0 Å². The maximum absolute atomic E-state index is 13.2. The van der Waals surface area contributed by atoms with Gasteiger partial charge in [-0.1, -0.05) is 11.6 Å². The van der Waals surface area contributed by atoms with Crippen LogP contribution in [0.3, 0.4) is 0 Å². The molecule has 1 amide bonds. The number of aromatic amines is 1. The quantitative estimate of drug-likeness (QED) is 0.874. The van der Waals surface area contributed by atoms with Gasteiger partial charge in [0.15, 0.2) is 0 Å². The number of piperidine rings is 1. The lowest BCUT2D eigenvalue weighted by Gasteiger charge is -2.33. The zero-order chi connectivity index (χ0) is 17.8. The van der Waals surface area contributed by atoms with Crippen LogP contribution >= 0.6 is 11.6 Å². The van der Waals surface area contributed by atoms with E-state index in [1.165, 1.54) is 24.3 Å². The van der Waals surface area contributed by atoms with Crippen molar-refractivity contribution in [3.63, 3.8) is 0 Å². The summed E-state index contributed by atoms with van der Waals surface area (Å²) in [5.74, 6) is -0.489. The second-order valence-electron chi connectivity index (χ2n) is 6.14. The van der Waals surface area contributed by atoms with Crippen molar-refractivity contribution in [1.82, 2.24) is 10.2 Å². The number of benzene rings is 1. The summed E-state index contributed by atoms with van der Waals surface area (Å²) in [4.78, 5) is 25.7. The normalized spacial score (nSPS) is 17.4. The Labute approximate surface area is 149 Å². The summed E-state index contributed by atoms with van der Waals surface area (Å²) >= 11 is 5.72. The number of carbonyl (C=O) groups excluding carboxylic acids is 1. The Kier molecular flexibility index (Phi) is 5.33. The van der Waals surface area contributed by atoms with Gasteiger partial charge in [-0.25, -0.2) is 9.49 Å². The van der Waals surface area contributed by atoms with Crippen molar-refractivity contribution < 1.29 is 9.18 Å². The molecule has 1 aromatic carbocycles. The van der Waals surface area contributed by atoms with E-state index < -0.39 is 5.82 Å². The molecule has 0 radical (unpaired) electrons. The number of nitrogens with zero attached hydrogens (tertiary/aromatic N) is 2. The lowest BCUT2D eigenvalue weighted by molar-refractivity contribution is -0.117. The zero-order valence-corrected chi connectivity index (χ0v) is 14.2. The van der Waals surface area contributed by atoms with E-state index in [0.29, 0.717) is 18.7 Å². The van der Waals surface area contributed by atoms with E-state index in [1.807, 2.05) is 0 Å². The molecule has 8 heteroatoms. The van der Waals surface area contributed by atoms with Crippen LogP contribution in [0, 0.1) is 11.7 Å². The number of halogens is 2. The number of rotatable bonds is 4. The molecule has 1 atom stereocenters. The Hall–Kier alpha value is -2.41. The molecule has 1 fully saturated rings. The van der Waals surface area contributed by atoms with E-state index in [4.69, 9.17) is 11.6 Å². The molecular weight excluding hydrogens is 347 g/mol. The number of amides is 1. The summed E-state index contributed by atoms with van der Waals surface area (Å²) < 4.78 is 13.2. The van der Waals surface area contributed by atoms with E-state index in [9.17, 15) is 14.0 Å². The van der Waals surface area contributed by atoms with Crippen molar-refractivity contribution in [2.24, 2.45) is 5.92 Å². The van der Waals surface area contributed by atoms with Crippen molar-refractivity contribution in [1.29, 1.82) is 0 Å².